The van der Waals surface area contributed by atoms with E-state index in [1.54, 1.807) is 0 Å². The molecule has 0 saturated carbocycles. The fourth-order valence-corrected chi connectivity index (χ4v) is 3.94. The van der Waals surface area contributed by atoms with Crippen molar-refractivity contribution in [2.45, 2.75) is 19.4 Å². The lowest BCUT2D eigenvalue weighted by atomic mass is 9.98. The smallest absolute Gasteiger partial charge is 0.211 e. The molecule has 0 aliphatic carbocycles. The van der Waals surface area contributed by atoms with Crippen LogP contribution in [0.15, 0.2) is 30.5 Å². The van der Waals surface area contributed by atoms with Crippen LogP contribution in [0.4, 0.5) is 13.2 Å². The first-order valence-electron chi connectivity index (χ1n) is 9.11. The van der Waals surface area contributed by atoms with Gasteiger partial charge in [0, 0.05) is 24.1 Å². The molecule has 6 nitrogen and oxygen atoms in total. The topological polar surface area (TPSA) is 77.5 Å². The number of pyridine rings is 1. The van der Waals surface area contributed by atoms with Crippen LogP contribution in [0.1, 0.15) is 13.3 Å². The summed E-state index contributed by atoms with van der Waals surface area (Å²) in [5.74, 6) is -3.67. The van der Waals surface area contributed by atoms with Gasteiger partial charge in [0.15, 0.2) is 11.6 Å². The van der Waals surface area contributed by atoms with Crippen LogP contribution >= 0.6 is 0 Å². The first-order chi connectivity index (χ1) is 13.8. The Balaban J connectivity index is 1.73. The molecular formula is C19H21F3N2O4S. The molecule has 10 heteroatoms. The summed E-state index contributed by atoms with van der Waals surface area (Å²) in [7, 11) is -3.42. The number of sulfonamides is 1. The minimum Gasteiger partial charge on any atom is -0.490 e. The summed E-state index contributed by atoms with van der Waals surface area (Å²) >= 11 is 0. The molecule has 0 bridgehead atoms. The van der Waals surface area contributed by atoms with E-state index in [1.165, 1.54) is 25.1 Å². The number of nitrogens with one attached hydrogen (secondary N) is 1. The van der Waals surface area contributed by atoms with E-state index < -0.39 is 33.5 Å². The second-order valence-electron chi connectivity index (χ2n) is 6.66. The maximum atomic E-state index is 14.5. The van der Waals surface area contributed by atoms with Gasteiger partial charge in [-0.1, -0.05) is 0 Å². The first-order valence-corrected chi connectivity index (χ1v) is 10.8. The zero-order valence-electron chi connectivity index (χ0n) is 15.7. The Hall–Kier alpha value is -2.17. The van der Waals surface area contributed by atoms with Gasteiger partial charge in [-0.2, -0.15) is 4.39 Å². The minimum absolute atomic E-state index is 0.0542. The van der Waals surface area contributed by atoms with Crippen LogP contribution in [0.2, 0.25) is 0 Å². The molecule has 0 spiro atoms. The number of hydrogen-bond donors (Lipinski definition) is 1. The lowest BCUT2D eigenvalue weighted by Crippen LogP contribution is -2.48. The van der Waals surface area contributed by atoms with Crippen LogP contribution in [0.25, 0.3) is 11.3 Å². The van der Waals surface area contributed by atoms with Gasteiger partial charge in [0.1, 0.15) is 5.82 Å². The molecule has 2 unspecified atom stereocenters. The molecule has 2 aromatic rings. The molecular weight excluding hydrogens is 409 g/mol. The SMILES string of the molecule is CCS(=O)(=O)NC1CCOCC1COc1ccc(-c2ccc(F)cn2)c(F)c1F. The monoisotopic (exact) mass is 430 g/mol. The minimum atomic E-state index is -3.42. The summed E-state index contributed by atoms with van der Waals surface area (Å²) < 4.78 is 79.0. The van der Waals surface area contributed by atoms with Crippen LogP contribution in [-0.4, -0.2) is 45.0 Å². The van der Waals surface area contributed by atoms with Gasteiger partial charge < -0.3 is 9.47 Å². The maximum Gasteiger partial charge on any atom is 0.211 e. The Morgan fingerprint density at radius 2 is 2.00 bits per heavy atom. The Kier molecular flexibility index (Phi) is 6.76. The average molecular weight is 430 g/mol. The third-order valence-corrected chi connectivity index (χ3v) is 6.11. The van der Waals surface area contributed by atoms with Gasteiger partial charge in [-0.25, -0.2) is 21.9 Å². The van der Waals surface area contributed by atoms with Crippen molar-refractivity contribution in [2.75, 3.05) is 25.6 Å². The van der Waals surface area contributed by atoms with E-state index in [0.29, 0.717) is 13.0 Å². The summed E-state index contributed by atoms with van der Waals surface area (Å²) in [5.41, 5.74) is -0.0338. The number of halogens is 3. The van der Waals surface area contributed by atoms with Crippen LogP contribution in [-0.2, 0) is 14.8 Å². The zero-order valence-corrected chi connectivity index (χ0v) is 16.5. The van der Waals surface area contributed by atoms with Gasteiger partial charge in [0.25, 0.3) is 0 Å². The van der Waals surface area contributed by atoms with Crippen molar-refractivity contribution in [3.63, 3.8) is 0 Å². The van der Waals surface area contributed by atoms with Crippen molar-refractivity contribution < 1.29 is 31.1 Å². The van der Waals surface area contributed by atoms with E-state index in [2.05, 4.69) is 9.71 Å². The molecule has 1 aromatic carbocycles. The fraction of sp³-hybridized carbons (Fsp3) is 0.421. The highest BCUT2D eigenvalue weighted by Gasteiger charge is 2.30. The highest BCUT2D eigenvalue weighted by Crippen LogP contribution is 2.29. The van der Waals surface area contributed by atoms with Crippen molar-refractivity contribution >= 4 is 10.0 Å². The van der Waals surface area contributed by atoms with Crippen molar-refractivity contribution in [3.8, 4) is 17.0 Å². The lowest BCUT2D eigenvalue weighted by molar-refractivity contribution is 0.0179. The third-order valence-electron chi connectivity index (χ3n) is 4.69. The summed E-state index contributed by atoms with van der Waals surface area (Å²) in [5, 5.41) is 0. The predicted octanol–water partition coefficient (Wildman–Crippen LogP) is 2.89. The van der Waals surface area contributed by atoms with E-state index >= 15 is 0 Å². The van der Waals surface area contributed by atoms with Gasteiger partial charge in [0.2, 0.25) is 15.8 Å². The number of rotatable bonds is 7. The van der Waals surface area contributed by atoms with Crippen LogP contribution in [0, 0.1) is 23.4 Å². The van der Waals surface area contributed by atoms with Gasteiger partial charge in [0.05, 0.1) is 30.9 Å². The molecule has 0 amide bonds. The van der Waals surface area contributed by atoms with Crippen LogP contribution in [0.3, 0.4) is 0 Å². The van der Waals surface area contributed by atoms with Crippen LogP contribution < -0.4 is 9.46 Å². The van der Waals surface area contributed by atoms with Crippen molar-refractivity contribution in [1.82, 2.24) is 9.71 Å². The highest BCUT2D eigenvalue weighted by atomic mass is 32.2. The number of aromatic nitrogens is 1. The Labute approximate surface area is 167 Å². The van der Waals surface area contributed by atoms with Gasteiger partial charge in [-0.05, 0) is 37.6 Å². The molecule has 29 heavy (non-hydrogen) atoms. The summed E-state index contributed by atoms with van der Waals surface area (Å²) in [6.45, 7) is 2.11. The molecule has 1 N–H and O–H groups in total. The molecule has 1 aliphatic heterocycles. The molecule has 1 aliphatic rings. The number of nitrogens with zero attached hydrogens (tertiary/aromatic N) is 1. The second kappa shape index (κ2) is 9.10. The maximum absolute atomic E-state index is 14.5. The molecule has 1 aromatic heterocycles. The number of ether oxygens (including phenoxy) is 2. The van der Waals surface area contributed by atoms with Crippen molar-refractivity contribution in [1.29, 1.82) is 0 Å². The fourth-order valence-electron chi connectivity index (χ4n) is 3.00. The van der Waals surface area contributed by atoms with E-state index in [1.807, 2.05) is 0 Å². The quantitative estimate of drug-likeness (QED) is 0.731. The molecule has 1 fully saturated rings. The standard InChI is InChI=1S/C19H21F3N2O4S/c1-2-29(25,26)24-15-7-8-27-10-12(15)11-28-17-6-4-14(18(21)19(17)22)16-5-3-13(20)9-23-16/h3-6,9,12,15,24H,2,7-8,10-11H2,1H3. The highest BCUT2D eigenvalue weighted by molar-refractivity contribution is 7.89. The number of hydrogen-bond acceptors (Lipinski definition) is 5. The molecule has 2 heterocycles. The predicted molar refractivity (Wildman–Crippen MR) is 100 cm³/mol. The summed E-state index contributed by atoms with van der Waals surface area (Å²) in [4.78, 5) is 3.75. The Morgan fingerprint density at radius 3 is 2.69 bits per heavy atom. The molecule has 1 saturated heterocycles. The Morgan fingerprint density at radius 1 is 1.21 bits per heavy atom. The van der Waals surface area contributed by atoms with E-state index in [4.69, 9.17) is 9.47 Å². The molecule has 0 radical (unpaired) electrons. The third kappa shape index (κ3) is 5.26. The largest absolute Gasteiger partial charge is 0.490 e. The molecule has 3 rings (SSSR count). The lowest BCUT2D eigenvalue weighted by Gasteiger charge is -2.31. The first kappa shape index (κ1) is 21.5. The summed E-state index contributed by atoms with van der Waals surface area (Å²) in [6.07, 6.45) is 1.37. The van der Waals surface area contributed by atoms with E-state index in [9.17, 15) is 21.6 Å². The normalized spacial score (nSPS) is 19.9. The molecule has 158 valence electrons. The van der Waals surface area contributed by atoms with E-state index in [0.717, 1.165) is 12.3 Å². The number of benzene rings is 1. The van der Waals surface area contributed by atoms with Crippen molar-refractivity contribution in [2.24, 2.45) is 5.92 Å². The summed E-state index contributed by atoms with van der Waals surface area (Å²) in [6, 6.07) is 4.49. The van der Waals surface area contributed by atoms with Gasteiger partial charge >= 0.3 is 0 Å². The van der Waals surface area contributed by atoms with E-state index in [-0.39, 0.29) is 41.9 Å². The van der Waals surface area contributed by atoms with Crippen LogP contribution in [0.5, 0.6) is 5.75 Å². The Bertz CT molecular complexity index is 955. The van der Waals surface area contributed by atoms with Crippen molar-refractivity contribution in [3.05, 3.63) is 47.9 Å². The van der Waals surface area contributed by atoms with Gasteiger partial charge in [-0.3, -0.25) is 4.98 Å². The van der Waals surface area contributed by atoms with Gasteiger partial charge in [-0.15, -0.1) is 0 Å². The zero-order chi connectivity index (χ0) is 21.0. The molecule has 2 atom stereocenters. The second-order valence-corrected chi connectivity index (χ2v) is 8.71. The average Bonchev–Trinajstić information content (AvgIpc) is 2.71.